The number of amides is 1. The van der Waals surface area contributed by atoms with Crippen LogP contribution in [0.4, 0.5) is 0 Å². The summed E-state index contributed by atoms with van der Waals surface area (Å²) in [5.74, 6) is 0.377. The first kappa shape index (κ1) is 13.6. The summed E-state index contributed by atoms with van der Waals surface area (Å²) in [5, 5.41) is 0. The van der Waals surface area contributed by atoms with Gasteiger partial charge in [0.1, 0.15) is 0 Å². The summed E-state index contributed by atoms with van der Waals surface area (Å²) in [6, 6.07) is 11.3. The van der Waals surface area contributed by atoms with Crippen LogP contribution in [-0.4, -0.2) is 47.4 Å². The van der Waals surface area contributed by atoms with Gasteiger partial charge in [0.15, 0.2) is 0 Å². The Morgan fingerprint density at radius 3 is 2.60 bits per heavy atom. The van der Waals surface area contributed by atoms with E-state index in [1.54, 1.807) is 0 Å². The lowest BCUT2D eigenvalue weighted by atomic mass is 10.1. The normalized spacial score (nSPS) is 22.8. The molecule has 2 fully saturated rings. The molecule has 1 aromatic carbocycles. The number of likely N-dealkylation sites (tertiary alicyclic amines) is 1. The van der Waals surface area contributed by atoms with E-state index < -0.39 is 0 Å². The molecule has 1 unspecified atom stereocenters. The largest absolute Gasteiger partial charge is 0.338 e. The van der Waals surface area contributed by atoms with Crippen LogP contribution in [0.25, 0.3) is 0 Å². The maximum Gasteiger partial charge on any atom is 0.240 e. The Hall–Kier alpha value is -1.35. The first-order valence-electron chi connectivity index (χ1n) is 7.88. The van der Waals surface area contributed by atoms with Gasteiger partial charge in [-0.1, -0.05) is 37.3 Å². The van der Waals surface area contributed by atoms with Crippen molar-refractivity contribution in [1.29, 1.82) is 0 Å². The van der Waals surface area contributed by atoms with E-state index in [0.717, 1.165) is 32.5 Å². The number of carbonyl (C=O) groups is 1. The molecule has 0 spiro atoms. The molecule has 3 nitrogen and oxygen atoms in total. The number of hydrogen-bond acceptors (Lipinski definition) is 2. The maximum atomic E-state index is 12.5. The zero-order valence-electron chi connectivity index (χ0n) is 12.3. The molecule has 0 bridgehead atoms. The van der Waals surface area contributed by atoms with Gasteiger partial charge < -0.3 is 4.90 Å². The van der Waals surface area contributed by atoms with Crippen molar-refractivity contribution < 1.29 is 4.79 Å². The van der Waals surface area contributed by atoms with Gasteiger partial charge in [0.2, 0.25) is 5.91 Å². The highest BCUT2D eigenvalue weighted by Gasteiger charge is 2.42. The van der Waals surface area contributed by atoms with Crippen LogP contribution in [0.15, 0.2) is 30.3 Å². The zero-order chi connectivity index (χ0) is 13.9. The molecule has 1 aliphatic heterocycles. The average molecular weight is 272 g/mol. The smallest absolute Gasteiger partial charge is 0.240 e. The second-order valence-corrected chi connectivity index (χ2v) is 5.93. The van der Waals surface area contributed by atoms with Crippen molar-refractivity contribution in [3.8, 4) is 0 Å². The Morgan fingerprint density at radius 2 is 1.95 bits per heavy atom. The molecule has 0 aromatic heterocycles. The molecule has 3 rings (SSSR count). The number of benzene rings is 1. The topological polar surface area (TPSA) is 23.6 Å². The van der Waals surface area contributed by atoms with E-state index >= 15 is 0 Å². The molecular formula is C17H24N2O. The lowest BCUT2D eigenvalue weighted by Crippen LogP contribution is -2.43. The summed E-state index contributed by atoms with van der Waals surface area (Å²) in [4.78, 5) is 17.0. The predicted molar refractivity (Wildman–Crippen MR) is 80.5 cm³/mol. The first-order chi connectivity index (χ1) is 9.79. The molecular weight excluding hydrogens is 248 g/mol. The van der Waals surface area contributed by atoms with Crippen molar-refractivity contribution in [3.05, 3.63) is 35.9 Å². The monoisotopic (exact) mass is 272 g/mol. The van der Waals surface area contributed by atoms with E-state index in [1.807, 2.05) is 0 Å². The Kier molecular flexibility index (Phi) is 4.06. The number of nitrogens with zero attached hydrogens (tertiary/aromatic N) is 2. The van der Waals surface area contributed by atoms with Crippen LogP contribution < -0.4 is 0 Å². The zero-order valence-corrected chi connectivity index (χ0v) is 12.3. The van der Waals surface area contributed by atoms with Crippen molar-refractivity contribution in [3.63, 3.8) is 0 Å². The summed E-state index contributed by atoms with van der Waals surface area (Å²) < 4.78 is 0. The third kappa shape index (κ3) is 2.88. The molecule has 108 valence electrons. The predicted octanol–water partition coefficient (Wildman–Crippen LogP) is 2.31. The molecule has 20 heavy (non-hydrogen) atoms. The van der Waals surface area contributed by atoms with Crippen LogP contribution in [0.5, 0.6) is 0 Å². The van der Waals surface area contributed by atoms with Crippen molar-refractivity contribution in [1.82, 2.24) is 9.80 Å². The molecule has 1 aliphatic carbocycles. The molecule has 1 saturated carbocycles. The third-order valence-corrected chi connectivity index (χ3v) is 4.58. The summed E-state index contributed by atoms with van der Waals surface area (Å²) in [5.41, 5.74) is 1.36. The maximum absolute atomic E-state index is 12.5. The van der Waals surface area contributed by atoms with Crippen LogP contribution in [0, 0.1) is 0 Å². The summed E-state index contributed by atoms with van der Waals surface area (Å²) >= 11 is 0. The van der Waals surface area contributed by atoms with E-state index in [1.165, 1.54) is 18.4 Å². The van der Waals surface area contributed by atoms with Gasteiger partial charge in [-0.15, -0.1) is 0 Å². The molecule has 1 heterocycles. The highest BCUT2D eigenvalue weighted by atomic mass is 16.2. The molecule has 2 aliphatic rings. The van der Waals surface area contributed by atoms with E-state index in [2.05, 4.69) is 47.1 Å². The Morgan fingerprint density at radius 1 is 1.20 bits per heavy atom. The highest BCUT2D eigenvalue weighted by Crippen LogP contribution is 2.32. The van der Waals surface area contributed by atoms with Crippen molar-refractivity contribution in [2.24, 2.45) is 0 Å². The van der Waals surface area contributed by atoms with Gasteiger partial charge >= 0.3 is 0 Å². The summed E-state index contributed by atoms with van der Waals surface area (Å²) in [6.07, 6.45) is 4.48. The van der Waals surface area contributed by atoms with E-state index in [0.29, 0.717) is 11.9 Å². The number of carbonyl (C=O) groups excluding carboxylic acids is 1. The molecule has 1 atom stereocenters. The summed E-state index contributed by atoms with van der Waals surface area (Å²) in [7, 11) is 0. The lowest BCUT2D eigenvalue weighted by molar-refractivity contribution is -0.132. The van der Waals surface area contributed by atoms with Gasteiger partial charge in [-0.25, -0.2) is 0 Å². The number of likely N-dealkylation sites (N-methyl/N-ethyl adjacent to an activating group) is 1. The van der Waals surface area contributed by atoms with Crippen LogP contribution >= 0.6 is 0 Å². The minimum Gasteiger partial charge on any atom is -0.338 e. The fraction of sp³-hybridized carbons (Fsp3) is 0.588. The van der Waals surface area contributed by atoms with E-state index in [-0.39, 0.29) is 6.04 Å². The summed E-state index contributed by atoms with van der Waals surface area (Å²) in [6.45, 7) is 5.07. The van der Waals surface area contributed by atoms with Gasteiger partial charge in [-0.3, -0.25) is 9.69 Å². The van der Waals surface area contributed by atoms with Gasteiger partial charge in [-0.05, 0) is 37.8 Å². The SMILES string of the molecule is CCN(CCc1ccccc1)C1CCN(C2CC2)C1=O. The van der Waals surface area contributed by atoms with Crippen LogP contribution in [-0.2, 0) is 11.2 Å². The fourth-order valence-corrected chi connectivity index (χ4v) is 3.23. The average Bonchev–Trinajstić information content (AvgIpc) is 3.25. The quantitative estimate of drug-likeness (QED) is 0.793. The third-order valence-electron chi connectivity index (χ3n) is 4.58. The molecule has 3 heteroatoms. The number of hydrogen-bond donors (Lipinski definition) is 0. The van der Waals surface area contributed by atoms with E-state index in [4.69, 9.17) is 0 Å². The molecule has 1 saturated heterocycles. The minimum atomic E-state index is 0.129. The van der Waals surface area contributed by atoms with Crippen LogP contribution in [0.2, 0.25) is 0 Å². The Balaban J connectivity index is 1.57. The van der Waals surface area contributed by atoms with Crippen molar-refractivity contribution in [2.75, 3.05) is 19.6 Å². The second kappa shape index (κ2) is 5.96. The molecule has 0 N–H and O–H groups in total. The van der Waals surface area contributed by atoms with Crippen molar-refractivity contribution in [2.45, 2.75) is 44.7 Å². The fourth-order valence-electron chi connectivity index (χ4n) is 3.23. The molecule has 1 amide bonds. The Labute approximate surface area is 121 Å². The van der Waals surface area contributed by atoms with Crippen molar-refractivity contribution >= 4 is 5.91 Å². The van der Waals surface area contributed by atoms with E-state index in [9.17, 15) is 4.79 Å². The number of rotatable bonds is 6. The van der Waals surface area contributed by atoms with Crippen LogP contribution in [0.3, 0.4) is 0 Å². The van der Waals surface area contributed by atoms with Gasteiger partial charge in [-0.2, -0.15) is 0 Å². The van der Waals surface area contributed by atoms with Gasteiger partial charge in [0, 0.05) is 19.1 Å². The Bertz CT molecular complexity index is 455. The van der Waals surface area contributed by atoms with Gasteiger partial charge in [0.25, 0.3) is 0 Å². The standard InChI is InChI=1S/C17H24N2O/c1-2-18(12-10-14-6-4-3-5-7-14)16-11-13-19(17(16)20)15-8-9-15/h3-7,15-16H,2,8-13H2,1H3. The van der Waals surface area contributed by atoms with Crippen LogP contribution in [0.1, 0.15) is 31.7 Å². The second-order valence-electron chi connectivity index (χ2n) is 5.93. The highest BCUT2D eigenvalue weighted by molar-refractivity contribution is 5.84. The molecule has 0 radical (unpaired) electrons. The minimum absolute atomic E-state index is 0.129. The lowest BCUT2D eigenvalue weighted by Gasteiger charge is -2.26. The first-order valence-corrected chi connectivity index (χ1v) is 7.88. The molecule has 1 aromatic rings. The van der Waals surface area contributed by atoms with Gasteiger partial charge in [0.05, 0.1) is 6.04 Å².